The Labute approximate surface area is 187 Å². The van der Waals surface area contributed by atoms with Gasteiger partial charge in [-0.3, -0.25) is 4.98 Å². The molecular weight excluding hydrogens is 423 g/mol. The summed E-state index contributed by atoms with van der Waals surface area (Å²) in [5, 5.41) is 0.419. The molecule has 1 radical (unpaired) electrons. The number of hydrogen-bond donors (Lipinski definition) is 0. The first kappa shape index (κ1) is 25.1. The number of amides is 1. The second-order valence-electron chi connectivity index (χ2n) is 10.3. The number of hydrogen-bond acceptors (Lipinski definition) is 4. The van der Waals surface area contributed by atoms with E-state index in [2.05, 4.69) is 38.8 Å². The van der Waals surface area contributed by atoms with Crippen molar-refractivity contribution < 1.29 is 18.3 Å². The highest BCUT2D eigenvalue weighted by Crippen LogP contribution is 2.42. The lowest BCUT2D eigenvalue weighted by molar-refractivity contribution is 0.00209. The lowest BCUT2D eigenvalue weighted by Gasteiger charge is -2.37. The Morgan fingerprint density at radius 1 is 1.23 bits per heavy atom. The molecule has 0 saturated carbocycles. The van der Waals surface area contributed by atoms with Crippen molar-refractivity contribution in [2.45, 2.75) is 84.9 Å². The van der Waals surface area contributed by atoms with Crippen LogP contribution < -0.4 is 0 Å². The molecule has 0 bridgehead atoms. The van der Waals surface area contributed by atoms with E-state index in [1.807, 2.05) is 20.8 Å². The van der Waals surface area contributed by atoms with Gasteiger partial charge in [0.1, 0.15) is 11.3 Å². The normalized spacial score (nSPS) is 18.4. The van der Waals surface area contributed by atoms with E-state index in [0.717, 1.165) is 0 Å². The Kier molecular flexibility index (Phi) is 7.63. The van der Waals surface area contributed by atoms with Crippen LogP contribution in [0.15, 0.2) is 12.3 Å². The maximum atomic E-state index is 15.7. The van der Waals surface area contributed by atoms with Crippen LogP contribution >= 0.6 is 11.6 Å². The molecule has 5 nitrogen and oxygen atoms in total. The van der Waals surface area contributed by atoms with Crippen molar-refractivity contribution in [2.75, 3.05) is 13.1 Å². The van der Waals surface area contributed by atoms with Gasteiger partial charge in [-0.25, -0.2) is 9.18 Å². The molecule has 2 heterocycles. The number of halogens is 2. The molecule has 0 aliphatic carbocycles. The third kappa shape index (κ3) is 6.41. The first-order valence-corrected chi connectivity index (χ1v) is 13.2. The van der Waals surface area contributed by atoms with Crippen LogP contribution in [0.4, 0.5) is 9.18 Å². The van der Waals surface area contributed by atoms with Gasteiger partial charge in [0.15, 0.2) is 0 Å². The highest BCUT2D eigenvalue weighted by atomic mass is 35.5. The fourth-order valence-corrected chi connectivity index (χ4v) is 4.63. The number of likely N-dealkylation sites (tertiary alicyclic amines) is 1. The molecule has 1 atom stereocenters. The maximum absolute atomic E-state index is 15.7. The summed E-state index contributed by atoms with van der Waals surface area (Å²) >= 11 is 6.56. The molecule has 169 valence electrons. The highest BCUT2D eigenvalue weighted by Gasteiger charge is 2.40. The molecule has 2 rings (SSSR count). The summed E-state index contributed by atoms with van der Waals surface area (Å²) in [5.74, 6) is 0. The number of piperidine rings is 1. The van der Waals surface area contributed by atoms with Crippen LogP contribution in [0.5, 0.6) is 0 Å². The Balaban J connectivity index is 2.17. The number of alkyl halides is 1. The summed E-state index contributed by atoms with van der Waals surface area (Å²) in [5.41, 5.74) is -1.24. The molecule has 1 aromatic heterocycles. The average molecular weight is 458 g/mol. The average Bonchev–Trinajstić information content (AvgIpc) is 2.58. The van der Waals surface area contributed by atoms with E-state index in [0.29, 0.717) is 16.3 Å². The lowest BCUT2D eigenvalue weighted by Crippen LogP contribution is -2.45. The van der Waals surface area contributed by atoms with Gasteiger partial charge in [0.2, 0.25) is 9.04 Å². The van der Waals surface area contributed by atoms with Gasteiger partial charge in [0, 0.05) is 37.7 Å². The fraction of sp³-hybridized carbons (Fsp3) is 0.727. The molecule has 0 N–H and O–H groups in total. The monoisotopic (exact) mass is 457 g/mol. The predicted octanol–water partition coefficient (Wildman–Crippen LogP) is 6.29. The van der Waals surface area contributed by atoms with Crippen LogP contribution in [-0.4, -0.2) is 43.7 Å². The molecule has 0 aromatic carbocycles. The van der Waals surface area contributed by atoms with Crippen molar-refractivity contribution in [1.82, 2.24) is 9.88 Å². The van der Waals surface area contributed by atoms with Gasteiger partial charge in [-0.15, -0.1) is 0 Å². The molecule has 1 amide bonds. The molecule has 8 heteroatoms. The molecule has 1 saturated heterocycles. The smallest absolute Gasteiger partial charge is 0.410 e. The Morgan fingerprint density at radius 2 is 1.80 bits per heavy atom. The second kappa shape index (κ2) is 9.13. The molecule has 0 spiro atoms. The van der Waals surface area contributed by atoms with Crippen LogP contribution in [0, 0.1) is 5.41 Å². The largest absolute Gasteiger partial charge is 0.444 e. The zero-order chi connectivity index (χ0) is 22.9. The van der Waals surface area contributed by atoms with Gasteiger partial charge < -0.3 is 14.1 Å². The van der Waals surface area contributed by atoms with Crippen molar-refractivity contribution >= 4 is 26.7 Å². The van der Waals surface area contributed by atoms with E-state index < -0.39 is 26.4 Å². The van der Waals surface area contributed by atoms with Gasteiger partial charge in [-0.2, -0.15) is 0 Å². The van der Waals surface area contributed by atoms with Crippen molar-refractivity contribution in [1.29, 1.82) is 0 Å². The topological polar surface area (TPSA) is 51.7 Å². The third-order valence-electron chi connectivity index (χ3n) is 4.98. The SMILES string of the molecule is C[Si](C)OC(c1ncc(C2(F)CCN(C(=O)OC(C)(C)C)CC2)cc1Cl)C(C)(C)C. The highest BCUT2D eigenvalue weighted by molar-refractivity contribution is 6.48. The molecule has 1 aliphatic heterocycles. The van der Waals surface area contributed by atoms with E-state index in [1.54, 1.807) is 17.2 Å². The lowest BCUT2D eigenvalue weighted by atomic mass is 9.85. The number of pyridine rings is 1. The Morgan fingerprint density at radius 3 is 2.23 bits per heavy atom. The zero-order valence-corrected chi connectivity index (χ0v) is 21.2. The van der Waals surface area contributed by atoms with E-state index in [1.165, 1.54) is 0 Å². The van der Waals surface area contributed by atoms with Crippen molar-refractivity contribution in [3.63, 3.8) is 0 Å². The van der Waals surface area contributed by atoms with Crippen molar-refractivity contribution in [3.8, 4) is 0 Å². The second-order valence-corrected chi connectivity index (χ2v) is 12.8. The molecule has 1 unspecified atom stereocenters. The summed E-state index contributed by atoms with van der Waals surface area (Å²) in [7, 11) is -0.970. The standard InChI is InChI=1S/C22H35ClFN2O3Si/c1-20(2,3)18(29-30(7)8)17-16(23)13-15(14-25-17)22(24)9-11-26(12-10-22)19(27)28-21(4,5)6/h13-14,18H,9-12H2,1-8H3. The number of rotatable bonds is 4. The van der Waals surface area contributed by atoms with Crippen LogP contribution in [0.2, 0.25) is 18.1 Å². The third-order valence-corrected chi connectivity index (χ3v) is 5.99. The number of nitrogens with zero attached hydrogens (tertiary/aromatic N) is 2. The minimum atomic E-state index is -1.57. The van der Waals surface area contributed by atoms with E-state index in [4.69, 9.17) is 20.8 Å². The van der Waals surface area contributed by atoms with E-state index in [-0.39, 0.29) is 37.5 Å². The number of carbonyl (C=O) groups is 1. The zero-order valence-electron chi connectivity index (χ0n) is 19.4. The number of aromatic nitrogens is 1. The van der Waals surface area contributed by atoms with E-state index >= 15 is 4.39 Å². The van der Waals surface area contributed by atoms with Crippen molar-refractivity contribution in [3.05, 3.63) is 28.5 Å². The van der Waals surface area contributed by atoms with E-state index in [9.17, 15) is 4.79 Å². The van der Waals surface area contributed by atoms with Gasteiger partial charge in [0.05, 0.1) is 16.8 Å². The summed E-state index contributed by atoms with van der Waals surface area (Å²) in [6.45, 7) is 16.4. The minimum absolute atomic E-state index is 0.180. The van der Waals surface area contributed by atoms with Gasteiger partial charge >= 0.3 is 6.09 Å². The van der Waals surface area contributed by atoms with Gasteiger partial charge in [-0.05, 0) is 45.3 Å². The Hall–Kier alpha value is -1.18. The molecule has 1 aromatic rings. The summed E-state index contributed by atoms with van der Waals surface area (Å²) < 4.78 is 27.3. The predicted molar refractivity (Wildman–Crippen MR) is 120 cm³/mol. The maximum Gasteiger partial charge on any atom is 0.410 e. The molecule has 1 fully saturated rings. The minimum Gasteiger partial charge on any atom is -0.444 e. The van der Waals surface area contributed by atoms with Gasteiger partial charge in [0.25, 0.3) is 0 Å². The summed E-state index contributed by atoms with van der Waals surface area (Å²) in [4.78, 5) is 18.3. The first-order valence-electron chi connectivity index (χ1n) is 10.4. The van der Waals surface area contributed by atoms with Crippen LogP contribution in [0.1, 0.15) is 71.7 Å². The fourth-order valence-electron chi connectivity index (χ4n) is 3.42. The number of carbonyl (C=O) groups excluding carboxylic acids is 1. The Bertz CT molecular complexity index is 754. The van der Waals surface area contributed by atoms with Crippen LogP contribution in [0.25, 0.3) is 0 Å². The first-order chi connectivity index (χ1) is 13.6. The van der Waals surface area contributed by atoms with Crippen molar-refractivity contribution in [2.24, 2.45) is 5.41 Å². The summed E-state index contributed by atoms with van der Waals surface area (Å²) in [6, 6.07) is 1.67. The van der Waals surface area contributed by atoms with Gasteiger partial charge in [-0.1, -0.05) is 32.4 Å². The quantitative estimate of drug-likeness (QED) is 0.499. The molecule has 1 aliphatic rings. The van der Waals surface area contributed by atoms with Crippen LogP contribution in [-0.2, 0) is 14.8 Å². The molecule has 30 heavy (non-hydrogen) atoms. The summed E-state index contributed by atoms with van der Waals surface area (Å²) in [6.07, 6.45) is 1.27. The molecular formula is C22H35ClFN2O3Si. The van der Waals surface area contributed by atoms with Crippen LogP contribution in [0.3, 0.4) is 0 Å². The number of ether oxygens (including phenoxy) is 1.